The van der Waals surface area contributed by atoms with Crippen LogP contribution in [0.25, 0.3) is 0 Å². The number of carbonyl (C=O) groups excluding carboxylic acids is 1. The molecule has 0 radical (unpaired) electrons. The second kappa shape index (κ2) is 5.76. The Labute approximate surface area is 108 Å². The monoisotopic (exact) mass is 260 g/mol. The van der Waals surface area contributed by atoms with E-state index in [0.29, 0.717) is 0 Å². The van der Waals surface area contributed by atoms with Gasteiger partial charge in [-0.25, -0.2) is 14.6 Å². The summed E-state index contributed by atoms with van der Waals surface area (Å²) in [5, 5.41) is 15.1. The molecule has 0 bridgehead atoms. The fourth-order valence-electron chi connectivity index (χ4n) is 1.58. The summed E-state index contributed by atoms with van der Waals surface area (Å²) in [7, 11) is 0. The number of carboxylic acids is 1. The molecule has 0 fully saturated rings. The molecular weight excluding hydrogens is 248 g/mol. The van der Waals surface area contributed by atoms with Crippen LogP contribution >= 0.6 is 0 Å². The van der Waals surface area contributed by atoms with E-state index in [2.05, 4.69) is 15.4 Å². The molecule has 0 aliphatic rings. The number of benzene rings is 1. The van der Waals surface area contributed by atoms with Gasteiger partial charge in [0.2, 0.25) is 0 Å². The molecule has 1 atom stereocenters. The number of nitrogens with one attached hydrogen (secondary N) is 1. The Morgan fingerprint density at radius 3 is 2.63 bits per heavy atom. The van der Waals surface area contributed by atoms with Gasteiger partial charge in [-0.3, -0.25) is 0 Å². The first kappa shape index (κ1) is 12.7. The van der Waals surface area contributed by atoms with E-state index in [9.17, 15) is 9.59 Å². The van der Waals surface area contributed by atoms with Gasteiger partial charge in [-0.2, -0.15) is 9.78 Å². The van der Waals surface area contributed by atoms with Crippen LogP contribution in [0.4, 0.5) is 4.79 Å². The smallest absolute Gasteiger partial charge is 0.344 e. The predicted molar refractivity (Wildman–Crippen MR) is 65.5 cm³/mol. The molecule has 2 rings (SSSR count). The first-order valence-corrected chi connectivity index (χ1v) is 5.59. The zero-order chi connectivity index (χ0) is 13.7. The first-order valence-electron chi connectivity index (χ1n) is 5.59. The summed E-state index contributed by atoms with van der Waals surface area (Å²) in [6.07, 6.45) is 2.61. The van der Waals surface area contributed by atoms with Crippen molar-refractivity contribution < 1.29 is 14.7 Å². The Hall–Kier alpha value is -2.70. The number of aromatic nitrogens is 3. The number of nitrogens with zero attached hydrogens (tertiary/aromatic N) is 3. The van der Waals surface area contributed by atoms with E-state index >= 15 is 0 Å². The quantitative estimate of drug-likeness (QED) is 0.835. The highest BCUT2D eigenvalue weighted by molar-refractivity contribution is 5.83. The summed E-state index contributed by atoms with van der Waals surface area (Å²) in [4.78, 5) is 26.5. The Morgan fingerprint density at radius 1 is 1.32 bits per heavy atom. The summed E-state index contributed by atoms with van der Waals surface area (Å²) in [6.45, 7) is 0. The fourth-order valence-corrected chi connectivity index (χ4v) is 1.58. The summed E-state index contributed by atoms with van der Waals surface area (Å²) in [5.74, 6) is -1.10. The third-order valence-corrected chi connectivity index (χ3v) is 2.51. The lowest BCUT2D eigenvalue weighted by Gasteiger charge is -2.14. The van der Waals surface area contributed by atoms with Gasteiger partial charge < -0.3 is 10.4 Å². The van der Waals surface area contributed by atoms with E-state index in [4.69, 9.17) is 5.11 Å². The van der Waals surface area contributed by atoms with Crippen molar-refractivity contribution in [3.05, 3.63) is 48.5 Å². The molecule has 0 saturated heterocycles. The molecule has 7 nitrogen and oxygen atoms in total. The number of hydrogen-bond acceptors (Lipinski definition) is 4. The van der Waals surface area contributed by atoms with Crippen LogP contribution in [0.15, 0.2) is 43.0 Å². The van der Waals surface area contributed by atoms with E-state index in [1.807, 2.05) is 18.2 Å². The van der Waals surface area contributed by atoms with Crippen molar-refractivity contribution in [3.8, 4) is 0 Å². The number of rotatable bonds is 4. The van der Waals surface area contributed by atoms with Crippen LogP contribution < -0.4 is 5.32 Å². The standard InChI is InChI=1S/C12H12N4O3/c17-11(18)10(6-9-4-2-1-3-5-9)15-12(19)16-8-13-7-14-16/h1-5,7-8,10H,6H2,(H,15,19)(H,17,18)/t10-/m0/s1. The topological polar surface area (TPSA) is 97.1 Å². The van der Waals surface area contributed by atoms with Crippen LogP contribution in [0.1, 0.15) is 5.56 Å². The third kappa shape index (κ3) is 3.38. The van der Waals surface area contributed by atoms with Gasteiger partial charge in [-0.05, 0) is 5.56 Å². The van der Waals surface area contributed by atoms with Crippen molar-refractivity contribution in [3.63, 3.8) is 0 Å². The molecule has 1 aromatic heterocycles. The maximum absolute atomic E-state index is 11.7. The lowest BCUT2D eigenvalue weighted by molar-refractivity contribution is -0.139. The van der Waals surface area contributed by atoms with Gasteiger partial charge >= 0.3 is 12.0 Å². The van der Waals surface area contributed by atoms with Crippen molar-refractivity contribution >= 4 is 12.0 Å². The third-order valence-electron chi connectivity index (χ3n) is 2.51. The molecule has 1 heterocycles. The highest BCUT2D eigenvalue weighted by Crippen LogP contribution is 2.03. The molecule has 0 unspecified atom stereocenters. The van der Waals surface area contributed by atoms with Gasteiger partial charge in [-0.1, -0.05) is 30.3 Å². The van der Waals surface area contributed by atoms with E-state index in [-0.39, 0.29) is 6.42 Å². The van der Waals surface area contributed by atoms with Crippen molar-refractivity contribution in [2.45, 2.75) is 12.5 Å². The molecule has 1 aromatic carbocycles. The van der Waals surface area contributed by atoms with Crippen LogP contribution in [0, 0.1) is 0 Å². The van der Waals surface area contributed by atoms with Crippen LogP contribution in [-0.2, 0) is 11.2 Å². The maximum Gasteiger partial charge on any atom is 0.344 e. The zero-order valence-electron chi connectivity index (χ0n) is 9.93. The molecule has 98 valence electrons. The largest absolute Gasteiger partial charge is 0.480 e. The van der Waals surface area contributed by atoms with Gasteiger partial charge in [0.25, 0.3) is 0 Å². The van der Waals surface area contributed by atoms with Crippen molar-refractivity contribution in [2.75, 3.05) is 0 Å². The Balaban J connectivity index is 2.05. The minimum Gasteiger partial charge on any atom is -0.480 e. The number of carbonyl (C=O) groups is 2. The van der Waals surface area contributed by atoms with Gasteiger partial charge in [0.05, 0.1) is 0 Å². The van der Waals surface area contributed by atoms with Crippen LogP contribution in [-0.4, -0.2) is 37.9 Å². The number of carboxylic acid groups (broad SMARTS) is 1. The Kier molecular flexibility index (Phi) is 3.87. The number of amides is 1. The van der Waals surface area contributed by atoms with Gasteiger partial charge in [-0.15, -0.1) is 0 Å². The number of aliphatic carboxylic acids is 1. The average Bonchev–Trinajstić information content (AvgIpc) is 2.93. The molecule has 7 heteroatoms. The highest BCUT2D eigenvalue weighted by atomic mass is 16.4. The molecule has 0 saturated carbocycles. The molecular formula is C12H12N4O3. The van der Waals surface area contributed by atoms with E-state index < -0.39 is 18.0 Å². The average molecular weight is 260 g/mol. The molecule has 2 aromatic rings. The summed E-state index contributed by atoms with van der Waals surface area (Å²) < 4.78 is 0.945. The molecule has 1 amide bonds. The maximum atomic E-state index is 11.7. The fraction of sp³-hybridized carbons (Fsp3) is 0.167. The van der Waals surface area contributed by atoms with Crippen molar-refractivity contribution in [2.24, 2.45) is 0 Å². The SMILES string of the molecule is O=C(O)[C@H](Cc1ccccc1)NC(=O)n1cncn1. The van der Waals surface area contributed by atoms with Crippen LogP contribution in [0.2, 0.25) is 0 Å². The molecule has 0 aliphatic heterocycles. The van der Waals surface area contributed by atoms with Crippen LogP contribution in [0.5, 0.6) is 0 Å². The molecule has 0 aliphatic carbocycles. The predicted octanol–water partition coefficient (Wildman–Crippen LogP) is 0.532. The van der Waals surface area contributed by atoms with Crippen molar-refractivity contribution in [1.82, 2.24) is 20.1 Å². The van der Waals surface area contributed by atoms with Gasteiger partial charge in [0, 0.05) is 6.42 Å². The second-order valence-corrected chi connectivity index (χ2v) is 3.87. The van der Waals surface area contributed by atoms with E-state index in [1.165, 1.54) is 12.7 Å². The second-order valence-electron chi connectivity index (χ2n) is 3.87. The lowest BCUT2D eigenvalue weighted by atomic mass is 10.1. The van der Waals surface area contributed by atoms with Crippen molar-refractivity contribution in [1.29, 1.82) is 0 Å². The molecule has 2 N–H and O–H groups in total. The van der Waals surface area contributed by atoms with Gasteiger partial charge in [0.1, 0.15) is 18.7 Å². The molecule has 0 spiro atoms. The minimum absolute atomic E-state index is 0.205. The first-order chi connectivity index (χ1) is 9.16. The van der Waals surface area contributed by atoms with E-state index in [1.54, 1.807) is 12.1 Å². The normalized spacial score (nSPS) is 11.8. The highest BCUT2D eigenvalue weighted by Gasteiger charge is 2.21. The number of hydrogen-bond donors (Lipinski definition) is 2. The zero-order valence-corrected chi connectivity index (χ0v) is 9.93. The Morgan fingerprint density at radius 2 is 2.05 bits per heavy atom. The van der Waals surface area contributed by atoms with Crippen LogP contribution in [0.3, 0.4) is 0 Å². The summed E-state index contributed by atoms with van der Waals surface area (Å²) in [6, 6.07) is 7.43. The Bertz CT molecular complexity index is 554. The molecule has 19 heavy (non-hydrogen) atoms. The summed E-state index contributed by atoms with van der Waals surface area (Å²) >= 11 is 0. The lowest BCUT2D eigenvalue weighted by Crippen LogP contribution is -2.44. The summed E-state index contributed by atoms with van der Waals surface area (Å²) in [5.41, 5.74) is 0.828. The van der Waals surface area contributed by atoms with Gasteiger partial charge in [0.15, 0.2) is 0 Å². The minimum atomic E-state index is -1.10. The van der Waals surface area contributed by atoms with E-state index in [0.717, 1.165) is 10.2 Å².